The van der Waals surface area contributed by atoms with E-state index in [0.717, 1.165) is 22.3 Å². The van der Waals surface area contributed by atoms with E-state index < -0.39 is 24.5 Å². The number of benzene rings is 2. The summed E-state index contributed by atoms with van der Waals surface area (Å²) in [5.41, 5.74) is 4.10. The number of carbonyl (C=O) groups is 2. The van der Waals surface area contributed by atoms with Crippen molar-refractivity contribution in [3.63, 3.8) is 0 Å². The number of cyclic esters (lactones) is 4. The lowest BCUT2D eigenvalue weighted by Gasteiger charge is -2.18. The molecule has 0 saturated carbocycles. The zero-order chi connectivity index (χ0) is 24.9. The second-order valence-corrected chi connectivity index (χ2v) is 8.26. The van der Waals surface area contributed by atoms with E-state index in [1.54, 1.807) is 14.2 Å². The van der Waals surface area contributed by atoms with Crippen LogP contribution in [0.1, 0.15) is 22.3 Å². The van der Waals surface area contributed by atoms with Crippen molar-refractivity contribution < 1.29 is 47.5 Å². The van der Waals surface area contributed by atoms with Gasteiger partial charge in [0.15, 0.2) is 35.2 Å². The number of aryl methyl sites for hydroxylation is 2. The van der Waals surface area contributed by atoms with E-state index in [1.165, 1.54) is 0 Å². The Morgan fingerprint density at radius 1 is 0.714 bits per heavy atom. The Morgan fingerprint density at radius 2 is 1.14 bits per heavy atom. The second-order valence-electron chi connectivity index (χ2n) is 8.26. The Labute approximate surface area is 202 Å². The number of carbonyl (C=O) groups excluding carboxylic acids is 2. The molecule has 188 valence electrons. The van der Waals surface area contributed by atoms with Crippen LogP contribution in [-0.2, 0) is 25.4 Å². The number of methoxy groups -OCH3 is 2. The van der Waals surface area contributed by atoms with Gasteiger partial charge in [0.25, 0.3) is 0 Å². The van der Waals surface area contributed by atoms with Gasteiger partial charge in [-0.3, -0.25) is 0 Å². The fourth-order valence-corrected chi connectivity index (χ4v) is 3.80. The molecule has 2 aliphatic rings. The molecule has 0 spiro atoms. The van der Waals surface area contributed by atoms with Crippen LogP contribution in [0.2, 0.25) is 0 Å². The summed E-state index contributed by atoms with van der Waals surface area (Å²) < 4.78 is 42.5. The van der Waals surface area contributed by atoms with Crippen molar-refractivity contribution in [3.05, 3.63) is 46.5 Å². The van der Waals surface area contributed by atoms with Gasteiger partial charge in [0, 0.05) is 0 Å². The van der Waals surface area contributed by atoms with Crippen LogP contribution in [0.3, 0.4) is 0 Å². The van der Waals surface area contributed by atoms with E-state index in [0.29, 0.717) is 29.4 Å². The average molecular weight is 488 g/mol. The molecule has 0 bridgehead atoms. The van der Waals surface area contributed by atoms with Crippen molar-refractivity contribution in [2.24, 2.45) is 0 Å². The third-order valence-corrected chi connectivity index (χ3v) is 5.77. The lowest BCUT2D eigenvalue weighted by Crippen LogP contribution is -2.20. The van der Waals surface area contributed by atoms with Gasteiger partial charge in [-0.25, -0.2) is 9.59 Å². The Morgan fingerprint density at radius 3 is 1.49 bits per heavy atom. The maximum absolute atomic E-state index is 11.2. The summed E-state index contributed by atoms with van der Waals surface area (Å²) in [4.78, 5) is 22.3. The fraction of sp³-hybridized carbons (Fsp3) is 0.440. The predicted octanol–water partition coefficient (Wildman–Crippen LogP) is 3.74. The van der Waals surface area contributed by atoms with Gasteiger partial charge < -0.3 is 37.9 Å². The lowest BCUT2D eigenvalue weighted by atomic mass is 9.96. The van der Waals surface area contributed by atoms with Crippen molar-refractivity contribution in [2.75, 3.05) is 40.6 Å². The minimum atomic E-state index is -0.693. The fourth-order valence-electron chi connectivity index (χ4n) is 3.80. The Kier molecular flexibility index (Phi) is 7.38. The van der Waals surface area contributed by atoms with Gasteiger partial charge in [0.2, 0.25) is 0 Å². The molecular formula is C25H28O10. The summed E-state index contributed by atoms with van der Waals surface area (Å²) in [6.07, 6.45) is -1.72. The van der Waals surface area contributed by atoms with Crippen molar-refractivity contribution in [1.82, 2.24) is 0 Å². The van der Waals surface area contributed by atoms with Crippen molar-refractivity contribution >= 4 is 12.3 Å². The molecule has 35 heavy (non-hydrogen) atoms. The average Bonchev–Trinajstić information content (AvgIpc) is 3.46. The van der Waals surface area contributed by atoms with E-state index in [-0.39, 0.29) is 26.4 Å². The Bertz CT molecular complexity index is 1010. The predicted molar refractivity (Wildman–Crippen MR) is 122 cm³/mol. The third kappa shape index (κ3) is 5.82. The standard InChI is InChI=1S/C25H28O10/c1-14-5-20(28-3)22(30-10-18-12-32-24(26)34-18)8-16(14)7-17-9-23(21(29-4)6-15(17)2)31-11-19-13-33-25(27)35-19/h5-6,8-9,18-19H,7,10-13H2,1-4H3. The van der Waals surface area contributed by atoms with E-state index in [2.05, 4.69) is 0 Å². The summed E-state index contributed by atoms with van der Waals surface area (Å²) in [5, 5.41) is 0. The molecule has 2 unspecified atom stereocenters. The summed E-state index contributed by atoms with van der Waals surface area (Å²) in [6.45, 7) is 4.61. The number of hydrogen-bond acceptors (Lipinski definition) is 10. The minimum absolute atomic E-state index is 0.152. The largest absolute Gasteiger partial charge is 0.508 e. The van der Waals surface area contributed by atoms with Gasteiger partial charge in [-0.15, -0.1) is 0 Å². The first-order valence-corrected chi connectivity index (χ1v) is 11.1. The third-order valence-electron chi connectivity index (χ3n) is 5.77. The lowest BCUT2D eigenvalue weighted by molar-refractivity contribution is 0.0969. The summed E-state index contributed by atoms with van der Waals surface area (Å²) in [6, 6.07) is 7.66. The van der Waals surface area contributed by atoms with Gasteiger partial charge >= 0.3 is 12.3 Å². The van der Waals surface area contributed by atoms with E-state index >= 15 is 0 Å². The molecule has 0 aliphatic carbocycles. The minimum Gasteiger partial charge on any atom is -0.493 e. The van der Waals surface area contributed by atoms with Crippen molar-refractivity contribution in [1.29, 1.82) is 0 Å². The molecule has 2 heterocycles. The monoisotopic (exact) mass is 488 g/mol. The smallest absolute Gasteiger partial charge is 0.493 e. The summed E-state index contributed by atoms with van der Waals surface area (Å²) in [7, 11) is 3.15. The highest BCUT2D eigenvalue weighted by Gasteiger charge is 2.27. The molecule has 2 atom stereocenters. The topological polar surface area (TPSA) is 108 Å². The highest BCUT2D eigenvalue weighted by molar-refractivity contribution is 5.62. The molecule has 10 heteroatoms. The van der Waals surface area contributed by atoms with Crippen LogP contribution in [0.25, 0.3) is 0 Å². The molecule has 2 aliphatic heterocycles. The van der Waals surface area contributed by atoms with Crippen molar-refractivity contribution in [2.45, 2.75) is 32.5 Å². The molecule has 2 aromatic carbocycles. The van der Waals surface area contributed by atoms with Crippen LogP contribution in [0.4, 0.5) is 9.59 Å². The Hall–Kier alpha value is -3.82. The van der Waals surface area contributed by atoms with Gasteiger partial charge in [-0.2, -0.15) is 0 Å². The SMILES string of the molecule is COc1cc(C)c(Cc2cc(OCC3COC(=O)O3)c(OC)cc2C)cc1OCC1COC(=O)O1. The molecule has 0 aromatic heterocycles. The van der Waals surface area contributed by atoms with E-state index in [4.69, 9.17) is 37.9 Å². The van der Waals surface area contributed by atoms with Crippen LogP contribution in [0.5, 0.6) is 23.0 Å². The van der Waals surface area contributed by atoms with Crippen LogP contribution in [0.15, 0.2) is 24.3 Å². The highest BCUT2D eigenvalue weighted by Crippen LogP contribution is 2.35. The normalized spacial score (nSPS) is 18.9. The number of ether oxygens (including phenoxy) is 8. The second kappa shape index (κ2) is 10.6. The van der Waals surface area contributed by atoms with Crippen molar-refractivity contribution in [3.8, 4) is 23.0 Å². The molecule has 0 radical (unpaired) electrons. The molecule has 0 N–H and O–H groups in total. The maximum Gasteiger partial charge on any atom is 0.508 e. The first-order chi connectivity index (χ1) is 16.9. The van der Waals surface area contributed by atoms with E-state index in [1.807, 2.05) is 38.1 Å². The molecule has 10 nitrogen and oxygen atoms in total. The van der Waals surface area contributed by atoms with Crippen LogP contribution in [-0.4, -0.2) is 65.2 Å². The molecular weight excluding hydrogens is 460 g/mol. The van der Waals surface area contributed by atoms with Crippen LogP contribution >= 0.6 is 0 Å². The Balaban J connectivity index is 1.52. The number of hydrogen-bond donors (Lipinski definition) is 0. The first-order valence-electron chi connectivity index (χ1n) is 11.1. The number of rotatable bonds is 10. The van der Waals surface area contributed by atoms with Gasteiger partial charge in [-0.05, 0) is 66.8 Å². The van der Waals surface area contributed by atoms with E-state index in [9.17, 15) is 9.59 Å². The van der Waals surface area contributed by atoms with Gasteiger partial charge in [0.1, 0.15) is 26.4 Å². The molecule has 0 amide bonds. The zero-order valence-corrected chi connectivity index (χ0v) is 20.1. The molecule has 2 fully saturated rings. The molecule has 2 aromatic rings. The zero-order valence-electron chi connectivity index (χ0n) is 20.1. The highest BCUT2D eigenvalue weighted by atomic mass is 16.8. The quantitative estimate of drug-likeness (QED) is 0.459. The maximum atomic E-state index is 11.2. The van der Waals surface area contributed by atoms with Crippen LogP contribution < -0.4 is 18.9 Å². The molecule has 2 saturated heterocycles. The summed E-state index contributed by atoms with van der Waals surface area (Å²) >= 11 is 0. The first kappa shape index (κ1) is 24.3. The summed E-state index contributed by atoms with van der Waals surface area (Å²) in [5.74, 6) is 2.25. The molecule has 4 rings (SSSR count). The van der Waals surface area contributed by atoms with Gasteiger partial charge in [0.05, 0.1) is 14.2 Å². The van der Waals surface area contributed by atoms with Crippen LogP contribution in [0, 0.1) is 13.8 Å². The van der Waals surface area contributed by atoms with Gasteiger partial charge in [-0.1, -0.05) is 0 Å².